The van der Waals surface area contributed by atoms with Crippen LogP contribution in [-0.4, -0.2) is 15.9 Å². The third-order valence-electron chi connectivity index (χ3n) is 4.39. The lowest BCUT2D eigenvalue weighted by atomic mass is 10.1. The normalized spacial score (nSPS) is 10.8. The molecular formula is C22H14Cl3N3O2. The van der Waals surface area contributed by atoms with Crippen molar-refractivity contribution < 1.29 is 9.53 Å². The molecule has 2 aromatic heterocycles. The largest absolute Gasteiger partial charge is 0.455 e. The molecule has 0 saturated carbocycles. The van der Waals surface area contributed by atoms with Crippen LogP contribution in [-0.2, 0) is 0 Å². The minimum Gasteiger partial charge on any atom is -0.455 e. The van der Waals surface area contributed by atoms with Crippen LogP contribution in [0.1, 0.15) is 15.9 Å². The van der Waals surface area contributed by atoms with Gasteiger partial charge >= 0.3 is 0 Å². The summed E-state index contributed by atoms with van der Waals surface area (Å²) in [6, 6.07) is 11.8. The van der Waals surface area contributed by atoms with Crippen LogP contribution in [0.4, 0.5) is 5.69 Å². The second-order valence-corrected chi connectivity index (χ2v) is 7.65. The van der Waals surface area contributed by atoms with Gasteiger partial charge in [0.05, 0.1) is 43.4 Å². The van der Waals surface area contributed by atoms with E-state index in [-0.39, 0.29) is 15.6 Å². The first-order valence-electron chi connectivity index (χ1n) is 8.86. The monoisotopic (exact) mass is 457 g/mol. The highest BCUT2D eigenvalue weighted by Gasteiger charge is 2.19. The summed E-state index contributed by atoms with van der Waals surface area (Å²) in [5, 5.41) is 4.34. The van der Waals surface area contributed by atoms with Crippen LogP contribution in [0, 0.1) is 6.92 Å². The zero-order chi connectivity index (χ0) is 21.3. The van der Waals surface area contributed by atoms with Gasteiger partial charge in [-0.05, 0) is 43.3 Å². The van der Waals surface area contributed by atoms with Crippen LogP contribution in [0.5, 0.6) is 11.5 Å². The highest BCUT2D eigenvalue weighted by atomic mass is 35.5. The Bertz CT molecular complexity index is 1240. The van der Waals surface area contributed by atoms with Gasteiger partial charge in [-0.2, -0.15) is 0 Å². The fourth-order valence-electron chi connectivity index (χ4n) is 2.99. The zero-order valence-electron chi connectivity index (χ0n) is 15.6. The average molecular weight is 459 g/mol. The molecule has 8 heteroatoms. The number of anilines is 1. The highest BCUT2D eigenvalue weighted by molar-refractivity contribution is 6.40. The first-order valence-corrected chi connectivity index (χ1v) is 10.00. The Morgan fingerprint density at radius 3 is 2.43 bits per heavy atom. The minimum absolute atomic E-state index is 0.183. The second-order valence-electron chi connectivity index (χ2n) is 6.43. The van der Waals surface area contributed by atoms with Gasteiger partial charge in [-0.1, -0.05) is 40.9 Å². The number of hydrogen-bond acceptors (Lipinski definition) is 4. The molecule has 2 heterocycles. The molecule has 4 aromatic rings. The van der Waals surface area contributed by atoms with E-state index >= 15 is 0 Å². The van der Waals surface area contributed by atoms with Gasteiger partial charge < -0.3 is 10.1 Å². The van der Waals surface area contributed by atoms with Gasteiger partial charge in [0.2, 0.25) is 0 Å². The summed E-state index contributed by atoms with van der Waals surface area (Å²) < 4.78 is 6.04. The fraction of sp³-hybridized carbons (Fsp3) is 0.0455. The van der Waals surface area contributed by atoms with E-state index in [1.54, 1.807) is 61.1 Å². The fourth-order valence-corrected chi connectivity index (χ4v) is 3.80. The number of amides is 1. The molecule has 0 fully saturated rings. The molecule has 0 aliphatic rings. The molecule has 0 atom stereocenters. The lowest BCUT2D eigenvalue weighted by molar-refractivity contribution is 0.102. The van der Waals surface area contributed by atoms with Gasteiger partial charge in [-0.25, -0.2) is 0 Å². The van der Waals surface area contributed by atoms with E-state index in [0.717, 1.165) is 5.56 Å². The Kier molecular flexibility index (Phi) is 5.77. The summed E-state index contributed by atoms with van der Waals surface area (Å²) in [5.74, 6) is 0.637. The van der Waals surface area contributed by atoms with Crippen molar-refractivity contribution >= 4 is 57.3 Å². The predicted octanol–water partition coefficient (Wildman–Crippen LogP) is 6.94. The first kappa shape index (κ1) is 20.4. The number of nitrogens with zero attached hydrogens (tertiary/aromatic N) is 2. The molecule has 1 N–H and O–H groups in total. The number of carbonyl (C=O) groups is 1. The number of fused-ring (bicyclic) bond motifs is 1. The van der Waals surface area contributed by atoms with Crippen molar-refractivity contribution in [2.45, 2.75) is 6.92 Å². The number of rotatable bonds is 4. The molecule has 0 unspecified atom stereocenters. The zero-order valence-corrected chi connectivity index (χ0v) is 17.9. The number of hydrogen-bond donors (Lipinski definition) is 1. The Balaban J connectivity index is 1.80. The molecule has 2 aromatic carbocycles. The summed E-state index contributed by atoms with van der Waals surface area (Å²) in [5.41, 5.74) is 1.89. The van der Waals surface area contributed by atoms with E-state index in [0.29, 0.717) is 33.1 Å². The van der Waals surface area contributed by atoms with E-state index < -0.39 is 5.91 Å². The van der Waals surface area contributed by atoms with Crippen molar-refractivity contribution in [2.75, 3.05) is 5.32 Å². The van der Waals surface area contributed by atoms with Crippen LogP contribution < -0.4 is 10.1 Å². The van der Waals surface area contributed by atoms with Crippen molar-refractivity contribution in [2.24, 2.45) is 0 Å². The SMILES string of the molecule is Cc1cnc2c(NC(=O)c3c(Cl)cccc3Cl)ccc(Cl)c2c1Oc1cccnc1. The molecule has 4 rings (SSSR count). The highest BCUT2D eigenvalue weighted by Crippen LogP contribution is 2.39. The van der Waals surface area contributed by atoms with Crippen molar-refractivity contribution in [1.29, 1.82) is 0 Å². The van der Waals surface area contributed by atoms with E-state index in [1.165, 1.54) is 0 Å². The van der Waals surface area contributed by atoms with E-state index in [2.05, 4.69) is 15.3 Å². The first-order chi connectivity index (χ1) is 14.5. The molecule has 0 spiro atoms. The summed E-state index contributed by atoms with van der Waals surface area (Å²) in [4.78, 5) is 21.4. The molecule has 150 valence electrons. The van der Waals surface area contributed by atoms with Gasteiger partial charge in [0.15, 0.2) is 0 Å². The number of aromatic nitrogens is 2. The summed E-state index contributed by atoms with van der Waals surface area (Å²) in [6.07, 6.45) is 4.91. The molecule has 0 radical (unpaired) electrons. The van der Waals surface area contributed by atoms with Gasteiger partial charge in [-0.15, -0.1) is 0 Å². The Morgan fingerprint density at radius 1 is 0.967 bits per heavy atom. The van der Waals surface area contributed by atoms with Crippen molar-refractivity contribution in [3.8, 4) is 11.5 Å². The molecule has 0 saturated heterocycles. The summed E-state index contributed by atoms with van der Waals surface area (Å²) >= 11 is 18.8. The number of benzene rings is 2. The maximum atomic E-state index is 12.8. The van der Waals surface area contributed by atoms with E-state index in [1.807, 2.05) is 6.92 Å². The number of aryl methyl sites for hydroxylation is 1. The quantitative estimate of drug-likeness (QED) is 0.359. The third kappa shape index (κ3) is 3.92. The van der Waals surface area contributed by atoms with Gasteiger partial charge in [0, 0.05) is 18.0 Å². The van der Waals surface area contributed by atoms with Crippen molar-refractivity contribution in [1.82, 2.24) is 9.97 Å². The van der Waals surface area contributed by atoms with Crippen LogP contribution in [0.3, 0.4) is 0 Å². The van der Waals surface area contributed by atoms with Crippen LogP contribution >= 0.6 is 34.8 Å². The molecule has 1 amide bonds. The maximum absolute atomic E-state index is 12.8. The molecular weight excluding hydrogens is 445 g/mol. The molecule has 0 aliphatic heterocycles. The number of halogens is 3. The topological polar surface area (TPSA) is 64.1 Å². The van der Waals surface area contributed by atoms with Crippen LogP contribution in [0.25, 0.3) is 10.9 Å². The van der Waals surface area contributed by atoms with E-state index in [9.17, 15) is 4.79 Å². The van der Waals surface area contributed by atoms with Crippen molar-refractivity contribution in [3.63, 3.8) is 0 Å². The second kappa shape index (κ2) is 8.48. The van der Waals surface area contributed by atoms with E-state index in [4.69, 9.17) is 39.5 Å². The Morgan fingerprint density at radius 2 is 1.73 bits per heavy atom. The molecule has 0 bridgehead atoms. The minimum atomic E-state index is -0.452. The summed E-state index contributed by atoms with van der Waals surface area (Å²) in [6.45, 7) is 1.86. The average Bonchev–Trinajstić information content (AvgIpc) is 2.72. The molecule has 30 heavy (non-hydrogen) atoms. The maximum Gasteiger partial charge on any atom is 0.258 e. The lowest BCUT2D eigenvalue weighted by Crippen LogP contribution is -2.13. The van der Waals surface area contributed by atoms with Crippen LogP contribution in [0.2, 0.25) is 15.1 Å². The van der Waals surface area contributed by atoms with Gasteiger partial charge in [0.25, 0.3) is 5.91 Å². The standard InChI is InChI=1S/C22H14Cl3N3O2/c1-12-10-27-20-17(28-22(29)18-14(23)5-2-6-15(18)24)8-7-16(25)19(20)21(12)30-13-4-3-9-26-11-13/h2-11H,1H3,(H,28,29). The Hall–Kier alpha value is -2.86. The number of ether oxygens (including phenoxy) is 1. The number of carbonyl (C=O) groups excluding carboxylic acids is 1. The van der Waals surface area contributed by atoms with Crippen molar-refractivity contribution in [3.05, 3.63) is 87.2 Å². The predicted molar refractivity (Wildman–Crippen MR) is 120 cm³/mol. The lowest BCUT2D eigenvalue weighted by Gasteiger charge is -2.15. The number of pyridine rings is 2. The third-order valence-corrected chi connectivity index (χ3v) is 5.34. The number of nitrogens with one attached hydrogen (secondary N) is 1. The van der Waals surface area contributed by atoms with Gasteiger partial charge in [-0.3, -0.25) is 14.8 Å². The van der Waals surface area contributed by atoms with Crippen LogP contribution in [0.15, 0.2) is 61.1 Å². The molecule has 5 nitrogen and oxygen atoms in total. The Labute approximate surface area is 187 Å². The smallest absolute Gasteiger partial charge is 0.258 e. The van der Waals surface area contributed by atoms with Gasteiger partial charge in [0.1, 0.15) is 11.5 Å². The molecule has 0 aliphatic carbocycles. The summed E-state index contributed by atoms with van der Waals surface area (Å²) in [7, 11) is 0.